The van der Waals surface area contributed by atoms with Gasteiger partial charge in [0.25, 0.3) is 0 Å². The first-order valence-corrected chi connectivity index (χ1v) is 51.9. The molecule has 0 aliphatic heterocycles. The maximum absolute atomic E-state index is 13.2. The van der Waals surface area contributed by atoms with Gasteiger partial charge in [0.15, 0.2) is 12.2 Å². The van der Waals surface area contributed by atoms with Crippen molar-refractivity contribution < 1.29 is 80.2 Å². The number of carbonyl (C=O) groups is 4. The number of esters is 4. The SMILES string of the molecule is CCCCCCCCCCCCCCCCCCCCCCCCC(=O)OC[C@H](COP(=O)(O)OC[C@@H](O)COP(=O)(O)OC[C@@H](COC(=O)CCCCCCCCC(C)C)OC(=O)CCCCCCCCCCCCCCCCCCCCC(C)C)OC(=O)CCCCCCCCCCCCCCCCCCCCC(C)CC. The van der Waals surface area contributed by atoms with Crippen LogP contribution in [0.2, 0.25) is 0 Å². The molecule has 0 heterocycles. The Labute approximate surface area is 702 Å². The summed E-state index contributed by atoms with van der Waals surface area (Å²) in [6.07, 6.45) is 79.6. The number of phosphoric ester groups is 2. The molecule has 0 radical (unpaired) electrons. The topological polar surface area (TPSA) is 237 Å². The highest BCUT2D eigenvalue weighted by molar-refractivity contribution is 7.47. The lowest BCUT2D eigenvalue weighted by molar-refractivity contribution is -0.161. The van der Waals surface area contributed by atoms with Gasteiger partial charge in [-0.15, -0.1) is 0 Å². The fourth-order valence-corrected chi connectivity index (χ4v) is 16.5. The molecular formula is C95H186O17P2. The minimum atomic E-state index is -4.97. The Morgan fingerprint density at radius 2 is 0.447 bits per heavy atom. The van der Waals surface area contributed by atoms with E-state index >= 15 is 0 Å². The lowest BCUT2D eigenvalue weighted by Gasteiger charge is -2.21. The van der Waals surface area contributed by atoms with E-state index < -0.39 is 97.5 Å². The van der Waals surface area contributed by atoms with E-state index in [1.165, 1.54) is 315 Å². The zero-order valence-electron chi connectivity index (χ0n) is 75.6. The number of hydrogen-bond acceptors (Lipinski definition) is 15. The van der Waals surface area contributed by atoms with Crippen molar-refractivity contribution in [3.63, 3.8) is 0 Å². The summed E-state index contributed by atoms with van der Waals surface area (Å²) in [4.78, 5) is 73.5. The molecule has 3 unspecified atom stereocenters. The van der Waals surface area contributed by atoms with E-state index in [4.69, 9.17) is 37.0 Å². The smallest absolute Gasteiger partial charge is 0.462 e. The quantitative estimate of drug-likeness (QED) is 0.0222. The molecule has 6 atom stereocenters. The highest BCUT2D eigenvalue weighted by Gasteiger charge is 2.31. The van der Waals surface area contributed by atoms with Crippen LogP contribution in [0.25, 0.3) is 0 Å². The van der Waals surface area contributed by atoms with Gasteiger partial charge in [0.2, 0.25) is 0 Å². The van der Waals surface area contributed by atoms with Crippen molar-refractivity contribution in [3.05, 3.63) is 0 Å². The summed E-state index contributed by atoms with van der Waals surface area (Å²) in [5.74, 6) is 0.272. The number of aliphatic hydroxyl groups excluding tert-OH is 1. The Bertz CT molecular complexity index is 2190. The largest absolute Gasteiger partial charge is 0.472 e. The second-order valence-electron chi connectivity index (χ2n) is 35.3. The van der Waals surface area contributed by atoms with E-state index in [1.807, 2.05) is 0 Å². The molecule has 3 N–H and O–H groups in total. The van der Waals surface area contributed by atoms with Crippen LogP contribution in [0.1, 0.15) is 511 Å². The average Bonchev–Trinajstić information content (AvgIpc) is 0.903. The molecule has 0 bridgehead atoms. The molecule has 0 aromatic carbocycles. The first-order chi connectivity index (χ1) is 55.3. The number of aliphatic hydroxyl groups is 1. The van der Waals surface area contributed by atoms with Crippen LogP contribution >= 0.6 is 15.6 Å². The molecule has 0 saturated carbocycles. The van der Waals surface area contributed by atoms with Gasteiger partial charge in [-0.1, -0.05) is 459 Å². The van der Waals surface area contributed by atoms with Crippen molar-refractivity contribution in [2.24, 2.45) is 17.8 Å². The van der Waals surface area contributed by atoms with Crippen molar-refractivity contribution in [2.75, 3.05) is 39.6 Å². The van der Waals surface area contributed by atoms with E-state index in [0.717, 1.165) is 108 Å². The third kappa shape index (κ3) is 86.4. The summed E-state index contributed by atoms with van der Waals surface area (Å²) in [7, 11) is -9.94. The molecule has 19 heteroatoms. The molecule has 0 saturated heterocycles. The van der Waals surface area contributed by atoms with Crippen LogP contribution in [0.5, 0.6) is 0 Å². The predicted octanol–water partition coefficient (Wildman–Crippen LogP) is 29.6. The van der Waals surface area contributed by atoms with Crippen molar-refractivity contribution in [1.82, 2.24) is 0 Å². The molecule has 0 aliphatic carbocycles. The zero-order valence-corrected chi connectivity index (χ0v) is 77.4. The van der Waals surface area contributed by atoms with Crippen molar-refractivity contribution >= 4 is 39.5 Å². The van der Waals surface area contributed by atoms with E-state index in [-0.39, 0.29) is 25.7 Å². The molecular weight excluding hydrogens is 1470 g/mol. The lowest BCUT2D eigenvalue weighted by Crippen LogP contribution is -2.30. The van der Waals surface area contributed by atoms with Crippen LogP contribution in [0.15, 0.2) is 0 Å². The Hall–Kier alpha value is -1.94. The molecule has 114 heavy (non-hydrogen) atoms. The number of carbonyl (C=O) groups excluding carboxylic acids is 4. The molecule has 0 rings (SSSR count). The van der Waals surface area contributed by atoms with Crippen molar-refractivity contribution in [2.45, 2.75) is 529 Å². The molecule has 0 spiro atoms. The van der Waals surface area contributed by atoms with Gasteiger partial charge >= 0.3 is 39.5 Å². The van der Waals surface area contributed by atoms with Gasteiger partial charge in [-0.05, 0) is 43.4 Å². The highest BCUT2D eigenvalue weighted by atomic mass is 31.2. The number of hydrogen-bond donors (Lipinski definition) is 3. The molecule has 678 valence electrons. The van der Waals surface area contributed by atoms with Gasteiger partial charge in [-0.25, -0.2) is 9.13 Å². The van der Waals surface area contributed by atoms with Crippen molar-refractivity contribution in [3.8, 4) is 0 Å². The fourth-order valence-electron chi connectivity index (χ4n) is 14.9. The number of ether oxygens (including phenoxy) is 4. The summed E-state index contributed by atoms with van der Waals surface area (Å²) < 4.78 is 69.1. The van der Waals surface area contributed by atoms with Crippen LogP contribution in [0, 0.1) is 17.8 Å². The van der Waals surface area contributed by atoms with Gasteiger partial charge in [-0.3, -0.25) is 37.3 Å². The molecule has 0 aromatic rings. The molecule has 0 aliphatic rings. The summed E-state index contributed by atoms with van der Waals surface area (Å²) in [6.45, 7) is 12.0. The molecule has 0 fully saturated rings. The standard InChI is InChI=1S/C95H186O17P2/c1-8-10-11-12-13-14-15-16-17-18-19-20-21-22-29-34-39-44-49-54-62-69-76-92(97)105-82-90(111-94(99)78-71-64-56-51-46-41-36-31-26-24-28-33-38-43-48-53-61-68-75-88(7)9-2)84-109-113(101,102)107-80-89(96)81-108-114(103,104)110-85-91(83-106-93(98)77-70-63-58-57-60-67-74-87(5)6)112-95(100)79-72-65-55-50-45-40-35-30-25-23-27-32-37-42-47-52-59-66-73-86(3)4/h86-91,96H,8-85H2,1-7H3,(H,101,102)(H,103,104)/t88?,89-,90-,91-/m1/s1. The first kappa shape index (κ1) is 112. The van der Waals surface area contributed by atoms with Crippen LogP contribution in [0.3, 0.4) is 0 Å². The van der Waals surface area contributed by atoms with Crippen LogP contribution in [0.4, 0.5) is 0 Å². The fraction of sp³-hybridized carbons (Fsp3) is 0.958. The van der Waals surface area contributed by atoms with Gasteiger partial charge in [0.05, 0.1) is 26.4 Å². The maximum Gasteiger partial charge on any atom is 0.472 e. The van der Waals surface area contributed by atoms with E-state index in [1.54, 1.807) is 0 Å². The Balaban J connectivity index is 5.18. The molecule has 0 amide bonds. The summed E-state index contributed by atoms with van der Waals surface area (Å²) in [6, 6.07) is 0. The van der Waals surface area contributed by atoms with E-state index in [9.17, 15) is 43.2 Å². The maximum atomic E-state index is 13.2. The predicted molar refractivity (Wildman–Crippen MR) is 474 cm³/mol. The van der Waals surface area contributed by atoms with Crippen LogP contribution in [-0.2, 0) is 65.4 Å². The molecule has 0 aromatic heterocycles. The van der Waals surface area contributed by atoms with Gasteiger partial charge in [0, 0.05) is 25.7 Å². The second-order valence-corrected chi connectivity index (χ2v) is 38.2. The van der Waals surface area contributed by atoms with Gasteiger partial charge in [-0.2, -0.15) is 0 Å². The third-order valence-corrected chi connectivity index (χ3v) is 24.6. The monoisotopic (exact) mass is 1660 g/mol. The van der Waals surface area contributed by atoms with Gasteiger partial charge < -0.3 is 33.8 Å². The van der Waals surface area contributed by atoms with Crippen LogP contribution in [-0.4, -0.2) is 96.7 Å². The Morgan fingerprint density at radius 3 is 0.667 bits per heavy atom. The first-order valence-electron chi connectivity index (χ1n) is 48.9. The summed E-state index contributed by atoms with van der Waals surface area (Å²) in [5, 5.41) is 10.7. The minimum absolute atomic E-state index is 0.107. The van der Waals surface area contributed by atoms with Crippen molar-refractivity contribution in [1.29, 1.82) is 0 Å². The zero-order chi connectivity index (χ0) is 83.6. The van der Waals surface area contributed by atoms with Gasteiger partial charge in [0.1, 0.15) is 19.3 Å². The van der Waals surface area contributed by atoms with E-state index in [0.29, 0.717) is 31.6 Å². The lowest BCUT2D eigenvalue weighted by atomic mass is 9.99. The number of unbranched alkanes of at least 4 members (excludes halogenated alkanes) is 60. The highest BCUT2D eigenvalue weighted by Crippen LogP contribution is 2.45. The van der Waals surface area contributed by atoms with E-state index in [2.05, 4.69) is 48.5 Å². The minimum Gasteiger partial charge on any atom is -0.462 e. The Kier molecular flexibility index (Phi) is 83.2. The normalized spacial score (nSPS) is 14.0. The van der Waals surface area contributed by atoms with Crippen LogP contribution < -0.4 is 0 Å². The Morgan fingerprint density at radius 1 is 0.254 bits per heavy atom. The summed E-state index contributed by atoms with van der Waals surface area (Å²) >= 11 is 0. The third-order valence-electron chi connectivity index (χ3n) is 22.7. The second kappa shape index (κ2) is 84.7. The molecule has 17 nitrogen and oxygen atoms in total. The average molecular weight is 1660 g/mol. The number of rotatable bonds is 93. The summed E-state index contributed by atoms with van der Waals surface area (Å²) in [5.41, 5.74) is 0. The number of phosphoric acid groups is 2.